The first kappa shape index (κ1) is 34.2. The van der Waals surface area contributed by atoms with Crippen molar-refractivity contribution in [3.8, 4) is 0 Å². The predicted octanol–water partition coefficient (Wildman–Crippen LogP) is 1.71. The maximum Gasteiger partial charge on any atom is 0.340 e. The number of fused-ring (bicyclic) bond motifs is 2. The molecule has 7 fully saturated rings. The molecular formula is C37H48N2O11. The van der Waals surface area contributed by atoms with Crippen LogP contribution in [0.5, 0.6) is 0 Å². The van der Waals surface area contributed by atoms with Crippen LogP contribution >= 0.6 is 0 Å². The molecule has 13 unspecified atom stereocenters. The van der Waals surface area contributed by atoms with Crippen molar-refractivity contribution >= 4 is 29.4 Å². The lowest BCUT2D eigenvalue weighted by Gasteiger charge is -2.70. The first-order valence-electron chi connectivity index (χ1n) is 18.0. The molecule has 7 bridgehead atoms. The van der Waals surface area contributed by atoms with Crippen LogP contribution in [0.2, 0.25) is 0 Å². The summed E-state index contributed by atoms with van der Waals surface area (Å²) in [6, 6.07) is 5.82. The maximum atomic E-state index is 14.0. The first-order chi connectivity index (χ1) is 23.9. The Bertz CT molecular complexity index is 1600. The highest BCUT2D eigenvalue weighted by atomic mass is 16.6. The molecule has 2 amide bonds. The van der Waals surface area contributed by atoms with Gasteiger partial charge in [-0.3, -0.25) is 19.3 Å². The largest absolute Gasteiger partial charge is 0.461 e. The summed E-state index contributed by atoms with van der Waals surface area (Å²) in [7, 11) is 4.95. The lowest BCUT2D eigenvalue weighted by molar-refractivity contribution is -0.322. The number of imide groups is 1. The van der Waals surface area contributed by atoms with Gasteiger partial charge in [0.15, 0.2) is 5.60 Å². The van der Waals surface area contributed by atoms with Crippen LogP contribution in [0.15, 0.2) is 24.3 Å². The summed E-state index contributed by atoms with van der Waals surface area (Å²) in [5.74, 6) is -3.22. The van der Waals surface area contributed by atoms with E-state index in [1.54, 1.807) is 45.6 Å². The molecule has 13 heteroatoms. The first-order valence-corrected chi connectivity index (χ1v) is 18.0. The molecule has 2 saturated heterocycles. The topological polar surface area (TPSA) is 161 Å². The molecule has 2 heterocycles. The molecule has 1 aromatic rings. The van der Waals surface area contributed by atoms with E-state index < -0.39 is 64.1 Å². The molecule has 7 aliphatic rings. The van der Waals surface area contributed by atoms with Crippen molar-refractivity contribution in [1.29, 1.82) is 0 Å². The zero-order valence-electron chi connectivity index (χ0n) is 29.3. The molecule has 0 radical (unpaired) electrons. The highest BCUT2D eigenvalue weighted by molar-refractivity contribution is 6.21. The molecule has 13 atom stereocenters. The van der Waals surface area contributed by atoms with Gasteiger partial charge in [0.1, 0.15) is 5.60 Å². The molecular weight excluding hydrogens is 648 g/mol. The molecule has 8 rings (SSSR count). The fourth-order valence-electron chi connectivity index (χ4n) is 13.1. The molecule has 5 aliphatic carbocycles. The number of ether oxygens (including phenoxy) is 5. The van der Waals surface area contributed by atoms with Crippen LogP contribution in [0.1, 0.15) is 62.7 Å². The minimum Gasteiger partial charge on any atom is -0.461 e. The number of likely N-dealkylation sites (tertiary alicyclic amines) is 1. The molecule has 5 saturated carbocycles. The Morgan fingerprint density at radius 1 is 1.04 bits per heavy atom. The summed E-state index contributed by atoms with van der Waals surface area (Å²) in [6.07, 6.45) is -0.321. The van der Waals surface area contributed by atoms with E-state index >= 15 is 0 Å². The molecule has 13 nitrogen and oxygen atoms in total. The van der Waals surface area contributed by atoms with Crippen LogP contribution < -0.4 is 4.90 Å². The van der Waals surface area contributed by atoms with Gasteiger partial charge in [0, 0.05) is 82.6 Å². The Morgan fingerprint density at radius 3 is 2.40 bits per heavy atom. The lowest BCUT2D eigenvalue weighted by Crippen LogP contribution is -2.82. The van der Waals surface area contributed by atoms with Crippen molar-refractivity contribution in [3.05, 3.63) is 29.8 Å². The Labute approximate surface area is 291 Å². The second-order valence-corrected chi connectivity index (χ2v) is 15.7. The average molecular weight is 697 g/mol. The van der Waals surface area contributed by atoms with E-state index in [0.29, 0.717) is 32.4 Å². The monoisotopic (exact) mass is 696 g/mol. The number of methoxy groups -OCH3 is 3. The third-order valence-electron chi connectivity index (χ3n) is 14.3. The Kier molecular flexibility index (Phi) is 7.88. The van der Waals surface area contributed by atoms with E-state index in [0.717, 1.165) is 4.90 Å². The Hall–Kier alpha value is -2.94. The van der Waals surface area contributed by atoms with Gasteiger partial charge >= 0.3 is 11.9 Å². The number of piperidine rings is 1. The molecule has 0 aromatic heterocycles. The number of hydrogen-bond donors (Lipinski definition) is 2. The maximum absolute atomic E-state index is 14.0. The summed E-state index contributed by atoms with van der Waals surface area (Å²) < 4.78 is 31.3. The van der Waals surface area contributed by atoms with Gasteiger partial charge in [-0.05, 0) is 43.9 Å². The zero-order chi connectivity index (χ0) is 35.5. The summed E-state index contributed by atoms with van der Waals surface area (Å²) >= 11 is 0. The van der Waals surface area contributed by atoms with Gasteiger partial charge in [0.2, 0.25) is 11.8 Å². The van der Waals surface area contributed by atoms with E-state index in [-0.39, 0.29) is 73.0 Å². The van der Waals surface area contributed by atoms with Crippen LogP contribution in [0.4, 0.5) is 5.69 Å². The van der Waals surface area contributed by atoms with Gasteiger partial charge in [0.25, 0.3) is 0 Å². The SMILES string of the molecule is CCN1CC2(COC(=O)c3ccccc3N3C(=O)CCC3=O)CCC(OC)C34C5CC6C(OC)CC(OC(C)=O)(C5C6OC)C(O)(C(O)C23)C14. The summed E-state index contributed by atoms with van der Waals surface area (Å²) in [4.78, 5) is 55.6. The standard InChI is InChI=1S/C37H48N2O11/c1-6-38-17-34(18-49-32(44)20-9-7-8-10-23(20)39-26(41)11-12-27(39)42)14-13-25(47-4)36-22-15-21-24(46-3)16-35(50-19(2)40,28(22)29(21)48-5)37(45,33(36)38)31(43)30(34)36/h7-10,21-22,24-25,28-31,33,43,45H,6,11-18H2,1-5H3. The summed E-state index contributed by atoms with van der Waals surface area (Å²) in [5, 5.41) is 26.4. The van der Waals surface area contributed by atoms with Gasteiger partial charge in [-0.15, -0.1) is 0 Å². The number of amides is 2. The third kappa shape index (κ3) is 3.94. The Morgan fingerprint density at radius 2 is 1.76 bits per heavy atom. The van der Waals surface area contributed by atoms with E-state index in [9.17, 15) is 29.4 Å². The highest BCUT2D eigenvalue weighted by Gasteiger charge is 2.92. The minimum absolute atomic E-state index is 0.0341. The fraction of sp³-hybridized carbons (Fsp3) is 0.730. The van der Waals surface area contributed by atoms with Crippen molar-refractivity contribution in [2.24, 2.45) is 34.5 Å². The smallest absolute Gasteiger partial charge is 0.340 e. The van der Waals surface area contributed by atoms with Crippen LogP contribution in [0.3, 0.4) is 0 Å². The summed E-state index contributed by atoms with van der Waals surface area (Å²) in [5.41, 5.74) is -4.77. The van der Waals surface area contributed by atoms with Gasteiger partial charge in [0.05, 0.1) is 48.3 Å². The lowest BCUT2D eigenvalue weighted by atomic mass is 9.42. The number of benzene rings is 1. The number of anilines is 1. The zero-order valence-corrected chi connectivity index (χ0v) is 29.3. The highest BCUT2D eigenvalue weighted by Crippen LogP contribution is 2.80. The van der Waals surface area contributed by atoms with Crippen LogP contribution in [0, 0.1) is 34.5 Å². The number of rotatable bonds is 9. The third-order valence-corrected chi connectivity index (χ3v) is 14.3. The number of carbonyl (C=O) groups excluding carboxylic acids is 4. The molecule has 1 aromatic carbocycles. The molecule has 272 valence electrons. The number of hydrogen-bond acceptors (Lipinski definition) is 12. The van der Waals surface area contributed by atoms with E-state index in [2.05, 4.69) is 4.90 Å². The number of esters is 2. The quantitative estimate of drug-likeness (QED) is 0.285. The minimum atomic E-state index is -1.93. The Balaban J connectivity index is 1.25. The van der Waals surface area contributed by atoms with Gasteiger partial charge in [-0.2, -0.15) is 0 Å². The number of nitrogens with zero attached hydrogens (tertiary/aromatic N) is 2. The van der Waals surface area contributed by atoms with Crippen LogP contribution in [-0.4, -0.2) is 122 Å². The van der Waals surface area contributed by atoms with Crippen molar-refractivity contribution in [3.63, 3.8) is 0 Å². The number of likely N-dealkylation sites (N-methyl/N-ethyl adjacent to an activating group) is 1. The second kappa shape index (κ2) is 11.5. The molecule has 2 N–H and O–H groups in total. The van der Waals surface area contributed by atoms with Crippen LogP contribution in [-0.2, 0) is 38.1 Å². The predicted molar refractivity (Wildman–Crippen MR) is 175 cm³/mol. The van der Waals surface area contributed by atoms with E-state index in [4.69, 9.17) is 23.7 Å². The fourth-order valence-corrected chi connectivity index (χ4v) is 13.1. The normalized spacial score (nSPS) is 45.6. The van der Waals surface area contributed by atoms with Crippen molar-refractivity contribution in [2.45, 2.75) is 94.0 Å². The average Bonchev–Trinajstić information content (AvgIpc) is 3.66. The van der Waals surface area contributed by atoms with E-state index in [1.807, 2.05) is 6.92 Å². The number of para-hydroxylation sites is 1. The second-order valence-electron chi connectivity index (χ2n) is 15.7. The van der Waals surface area contributed by atoms with E-state index in [1.165, 1.54) is 6.92 Å². The van der Waals surface area contributed by atoms with Gasteiger partial charge in [-0.1, -0.05) is 19.1 Å². The van der Waals surface area contributed by atoms with Crippen molar-refractivity contribution in [2.75, 3.05) is 45.9 Å². The number of aliphatic hydroxyl groups excluding tert-OH is 1. The molecule has 1 spiro atoms. The molecule has 50 heavy (non-hydrogen) atoms. The molecule has 2 aliphatic heterocycles. The van der Waals surface area contributed by atoms with Crippen molar-refractivity contribution < 1.29 is 53.1 Å². The van der Waals surface area contributed by atoms with Crippen molar-refractivity contribution in [1.82, 2.24) is 4.90 Å². The summed E-state index contributed by atoms with van der Waals surface area (Å²) in [6.45, 7) is 4.21. The number of carbonyl (C=O) groups is 4. The van der Waals surface area contributed by atoms with Gasteiger partial charge in [-0.25, -0.2) is 9.69 Å². The van der Waals surface area contributed by atoms with Crippen LogP contribution in [0.25, 0.3) is 0 Å². The van der Waals surface area contributed by atoms with Gasteiger partial charge < -0.3 is 33.9 Å². The number of aliphatic hydroxyl groups is 2.